The lowest BCUT2D eigenvalue weighted by molar-refractivity contribution is 0.297. The van der Waals surface area contributed by atoms with E-state index in [4.69, 9.17) is 15.7 Å². The van der Waals surface area contributed by atoms with E-state index in [9.17, 15) is 4.39 Å². The van der Waals surface area contributed by atoms with Crippen molar-refractivity contribution < 1.29 is 9.13 Å². The Hall–Kier alpha value is -1.76. The Morgan fingerprint density at radius 2 is 2.27 bits per heavy atom. The van der Waals surface area contributed by atoms with Gasteiger partial charge in [0.2, 0.25) is 0 Å². The minimum absolute atomic E-state index is 0.194. The van der Waals surface area contributed by atoms with Gasteiger partial charge in [-0.1, -0.05) is 0 Å². The maximum absolute atomic E-state index is 13.3. The Morgan fingerprint density at radius 3 is 2.93 bits per heavy atom. The first-order valence-corrected chi connectivity index (χ1v) is 4.70. The number of nitriles is 1. The van der Waals surface area contributed by atoms with Crippen LogP contribution in [-0.2, 0) is 0 Å². The summed E-state index contributed by atoms with van der Waals surface area (Å²) in [7, 11) is 0. The fourth-order valence-corrected chi connectivity index (χ4v) is 1.11. The summed E-state index contributed by atoms with van der Waals surface area (Å²) in [5.41, 5.74) is 6.73. The van der Waals surface area contributed by atoms with Crippen molar-refractivity contribution in [3.05, 3.63) is 23.5 Å². The molecule has 0 radical (unpaired) electrons. The van der Waals surface area contributed by atoms with E-state index in [0.29, 0.717) is 25.1 Å². The van der Waals surface area contributed by atoms with Crippen LogP contribution in [0.25, 0.3) is 0 Å². The molecule has 0 bridgehead atoms. The number of benzene rings is 1. The fourth-order valence-electron chi connectivity index (χ4n) is 1.11. The molecule has 0 fully saturated rings. The predicted molar refractivity (Wildman–Crippen MR) is 55.9 cm³/mol. The van der Waals surface area contributed by atoms with Crippen LogP contribution in [0.5, 0.6) is 5.75 Å². The van der Waals surface area contributed by atoms with Crippen molar-refractivity contribution in [1.29, 1.82) is 5.26 Å². The molecule has 0 aliphatic carbocycles. The maximum atomic E-state index is 13.3. The molecule has 15 heavy (non-hydrogen) atoms. The van der Waals surface area contributed by atoms with Crippen LogP contribution in [0.3, 0.4) is 0 Å². The molecule has 0 heterocycles. The standard InChI is InChI=1S/C11H13FN2O/c1-8-6-11(9(12)7-10(8)14)15-5-3-2-4-13/h6-7H,2-3,5,14H2,1H3. The van der Waals surface area contributed by atoms with Gasteiger partial charge in [0.1, 0.15) is 0 Å². The third kappa shape index (κ3) is 3.13. The van der Waals surface area contributed by atoms with Crippen LogP contribution in [0, 0.1) is 24.1 Å². The van der Waals surface area contributed by atoms with Gasteiger partial charge >= 0.3 is 0 Å². The number of aryl methyl sites for hydroxylation is 1. The number of ether oxygens (including phenoxy) is 1. The van der Waals surface area contributed by atoms with Gasteiger partial charge in [-0.25, -0.2) is 4.39 Å². The van der Waals surface area contributed by atoms with Gasteiger partial charge in [-0.2, -0.15) is 5.26 Å². The van der Waals surface area contributed by atoms with Crippen molar-refractivity contribution in [3.8, 4) is 11.8 Å². The Balaban J connectivity index is 2.62. The number of nitrogens with zero attached hydrogens (tertiary/aromatic N) is 1. The molecule has 2 N–H and O–H groups in total. The highest BCUT2D eigenvalue weighted by Gasteiger charge is 2.06. The molecule has 0 aromatic heterocycles. The summed E-state index contributed by atoms with van der Waals surface area (Å²) in [6.07, 6.45) is 1.01. The van der Waals surface area contributed by atoms with Crippen molar-refractivity contribution >= 4 is 5.69 Å². The largest absolute Gasteiger partial charge is 0.490 e. The summed E-state index contributed by atoms with van der Waals surface area (Å²) in [6.45, 7) is 2.13. The van der Waals surface area contributed by atoms with Gasteiger partial charge in [0, 0.05) is 18.2 Å². The lowest BCUT2D eigenvalue weighted by atomic mass is 10.2. The SMILES string of the molecule is Cc1cc(OCCCC#N)c(F)cc1N. The molecule has 0 saturated carbocycles. The molecule has 0 spiro atoms. The zero-order valence-corrected chi connectivity index (χ0v) is 8.59. The summed E-state index contributed by atoms with van der Waals surface area (Å²) < 4.78 is 18.5. The van der Waals surface area contributed by atoms with Crippen molar-refractivity contribution in [2.45, 2.75) is 19.8 Å². The van der Waals surface area contributed by atoms with Crippen molar-refractivity contribution in [1.82, 2.24) is 0 Å². The Kier molecular flexibility index (Phi) is 3.92. The number of nitrogens with two attached hydrogens (primary N) is 1. The number of hydrogen-bond donors (Lipinski definition) is 1. The number of anilines is 1. The third-order valence-corrected chi connectivity index (χ3v) is 2.01. The highest BCUT2D eigenvalue weighted by molar-refractivity contribution is 5.50. The molecule has 4 heteroatoms. The molecule has 0 amide bonds. The Bertz CT molecular complexity index is 385. The Morgan fingerprint density at radius 1 is 1.53 bits per heavy atom. The van der Waals surface area contributed by atoms with E-state index in [1.807, 2.05) is 6.07 Å². The van der Waals surface area contributed by atoms with Gasteiger partial charge in [-0.3, -0.25) is 0 Å². The van der Waals surface area contributed by atoms with E-state index < -0.39 is 5.82 Å². The highest BCUT2D eigenvalue weighted by Crippen LogP contribution is 2.23. The van der Waals surface area contributed by atoms with Crippen LogP contribution in [0.2, 0.25) is 0 Å². The van der Waals surface area contributed by atoms with Crippen LogP contribution in [-0.4, -0.2) is 6.61 Å². The second kappa shape index (κ2) is 5.20. The molecule has 0 aliphatic rings. The van der Waals surface area contributed by atoms with Crippen LogP contribution in [0.1, 0.15) is 18.4 Å². The molecular formula is C11H13FN2O. The van der Waals surface area contributed by atoms with Gasteiger partial charge in [0.05, 0.1) is 12.7 Å². The zero-order chi connectivity index (χ0) is 11.3. The van der Waals surface area contributed by atoms with E-state index in [2.05, 4.69) is 0 Å². The minimum atomic E-state index is -0.463. The number of hydrogen-bond acceptors (Lipinski definition) is 3. The Labute approximate surface area is 88.3 Å². The van der Waals surface area contributed by atoms with Crippen molar-refractivity contribution in [2.75, 3.05) is 12.3 Å². The van der Waals surface area contributed by atoms with E-state index in [0.717, 1.165) is 5.56 Å². The van der Waals surface area contributed by atoms with Crippen LogP contribution < -0.4 is 10.5 Å². The summed E-state index contributed by atoms with van der Waals surface area (Å²) in [6, 6.07) is 4.81. The molecule has 1 aromatic rings. The van der Waals surface area contributed by atoms with E-state index in [1.54, 1.807) is 13.0 Å². The molecular weight excluding hydrogens is 195 g/mol. The van der Waals surface area contributed by atoms with E-state index >= 15 is 0 Å². The quantitative estimate of drug-likeness (QED) is 0.610. The monoisotopic (exact) mass is 208 g/mol. The fraction of sp³-hybridized carbons (Fsp3) is 0.364. The molecule has 0 unspecified atom stereocenters. The van der Waals surface area contributed by atoms with Gasteiger partial charge in [0.25, 0.3) is 0 Å². The normalized spacial score (nSPS) is 9.67. The lowest BCUT2D eigenvalue weighted by Crippen LogP contribution is -2.00. The summed E-state index contributed by atoms with van der Waals surface area (Å²) >= 11 is 0. The van der Waals surface area contributed by atoms with Gasteiger partial charge in [-0.15, -0.1) is 0 Å². The number of nitrogen functional groups attached to an aromatic ring is 1. The molecule has 3 nitrogen and oxygen atoms in total. The van der Waals surface area contributed by atoms with Gasteiger partial charge in [-0.05, 0) is 25.0 Å². The van der Waals surface area contributed by atoms with Crippen molar-refractivity contribution in [3.63, 3.8) is 0 Å². The van der Waals surface area contributed by atoms with Gasteiger partial charge < -0.3 is 10.5 Å². The molecule has 80 valence electrons. The maximum Gasteiger partial charge on any atom is 0.167 e. The van der Waals surface area contributed by atoms with Crippen LogP contribution in [0.4, 0.5) is 10.1 Å². The molecule has 0 atom stereocenters. The lowest BCUT2D eigenvalue weighted by Gasteiger charge is -2.08. The highest BCUT2D eigenvalue weighted by atomic mass is 19.1. The molecule has 1 rings (SSSR count). The van der Waals surface area contributed by atoms with E-state index in [-0.39, 0.29) is 5.75 Å². The molecule has 1 aromatic carbocycles. The average Bonchev–Trinajstić information content (AvgIpc) is 2.20. The average molecular weight is 208 g/mol. The summed E-state index contributed by atoms with van der Waals surface area (Å²) in [5, 5.41) is 8.30. The number of unbranched alkanes of at least 4 members (excludes halogenated alkanes) is 1. The number of halogens is 1. The summed E-state index contributed by atoms with van der Waals surface area (Å²) in [5.74, 6) is -0.269. The molecule has 0 aliphatic heterocycles. The molecule has 0 saturated heterocycles. The summed E-state index contributed by atoms with van der Waals surface area (Å²) in [4.78, 5) is 0. The smallest absolute Gasteiger partial charge is 0.167 e. The minimum Gasteiger partial charge on any atom is -0.490 e. The predicted octanol–water partition coefficient (Wildman–Crippen LogP) is 2.40. The van der Waals surface area contributed by atoms with E-state index in [1.165, 1.54) is 6.07 Å². The zero-order valence-electron chi connectivity index (χ0n) is 8.59. The van der Waals surface area contributed by atoms with Crippen LogP contribution >= 0.6 is 0 Å². The topological polar surface area (TPSA) is 59.0 Å². The first-order chi connectivity index (χ1) is 7.15. The number of rotatable bonds is 4. The first-order valence-electron chi connectivity index (χ1n) is 4.70. The third-order valence-electron chi connectivity index (χ3n) is 2.01. The second-order valence-corrected chi connectivity index (χ2v) is 3.25. The van der Waals surface area contributed by atoms with Crippen LogP contribution in [0.15, 0.2) is 12.1 Å². The van der Waals surface area contributed by atoms with Gasteiger partial charge in [0.15, 0.2) is 11.6 Å². The second-order valence-electron chi connectivity index (χ2n) is 3.25. The first kappa shape index (κ1) is 11.3. The van der Waals surface area contributed by atoms with Crippen molar-refractivity contribution in [2.24, 2.45) is 0 Å².